The average Bonchev–Trinajstić information content (AvgIpc) is 2.65. The molecule has 0 bridgehead atoms. The molecule has 20 heavy (non-hydrogen) atoms. The van der Waals surface area contributed by atoms with Crippen LogP contribution in [-0.2, 0) is 0 Å². The summed E-state index contributed by atoms with van der Waals surface area (Å²) in [6, 6.07) is 3.22. The Kier molecular flexibility index (Phi) is 4.33. The van der Waals surface area contributed by atoms with Gasteiger partial charge in [0.05, 0.1) is 17.2 Å². The summed E-state index contributed by atoms with van der Waals surface area (Å²) in [6.45, 7) is 5.59. The van der Waals surface area contributed by atoms with E-state index in [0.29, 0.717) is 27.1 Å². The molecule has 1 aromatic carbocycles. The molecule has 0 spiro atoms. The van der Waals surface area contributed by atoms with Gasteiger partial charge in [-0.05, 0) is 32.4 Å². The minimum Gasteiger partial charge on any atom is -0.495 e. The van der Waals surface area contributed by atoms with Crippen LogP contribution < -0.4 is 4.74 Å². The Morgan fingerprint density at radius 3 is 2.25 bits per heavy atom. The minimum atomic E-state index is -0.886. The van der Waals surface area contributed by atoms with Gasteiger partial charge in [0, 0.05) is 17.2 Å². The number of aliphatic hydroxyl groups excluding tert-OH is 1. The van der Waals surface area contributed by atoms with Crippen molar-refractivity contribution < 1.29 is 14.3 Å². The van der Waals surface area contributed by atoms with E-state index in [1.807, 2.05) is 20.8 Å². The van der Waals surface area contributed by atoms with E-state index in [4.69, 9.17) is 32.4 Å². The first-order valence-electron chi connectivity index (χ1n) is 6.14. The Labute approximate surface area is 128 Å². The average molecular weight is 315 g/mol. The van der Waals surface area contributed by atoms with Gasteiger partial charge in [0.15, 0.2) is 0 Å². The molecule has 1 aromatic heterocycles. The highest BCUT2D eigenvalue weighted by Gasteiger charge is 2.23. The van der Waals surface area contributed by atoms with Gasteiger partial charge >= 0.3 is 0 Å². The predicted molar refractivity (Wildman–Crippen MR) is 80.0 cm³/mol. The van der Waals surface area contributed by atoms with Crippen LogP contribution >= 0.6 is 23.2 Å². The van der Waals surface area contributed by atoms with Gasteiger partial charge in [-0.2, -0.15) is 0 Å². The molecule has 1 atom stereocenters. The lowest BCUT2D eigenvalue weighted by molar-refractivity contribution is 0.217. The van der Waals surface area contributed by atoms with Crippen LogP contribution in [0, 0.1) is 20.8 Å². The van der Waals surface area contributed by atoms with Crippen LogP contribution in [0.2, 0.25) is 10.0 Å². The van der Waals surface area contributed by atoms with Crippen LogP contribution in [0.15, 0.2) is 16.5 Å². The van der Waals surface area contributed by atoms with E-state index in [9.17, 15) is 5.11 Å². The molecule has 108 valence electrons. The first-order valence-corrected chi connectivity index (χ1v) is 6.89. The second-order valence-corrected chi connectivity index (χ2v) is 5.48. The number of hydrogen-bond donors (Lipinski definition) is 1. The fraction of sp³-hybridized carbons (Fsp3) is 0.333. The molecule has 1 unspecified atom stereocenters. The number of benzene rings is 1. The van der Waals surface area contributed by atoms with Gasteiger partial charge in [0.2, 0.25) is 0 Å². The van der Waals surface area contributed by atoms with Gasteiger partial charge in [-0.25, -0.2) is 0 Å². The van der Waals surface area contributed by atoms with Gasteiger partial charge in [0.25, 0.3) is 0 Å². The van der Waals surface area contributed by atoms with Crippen molar-refractivity contribution in [2.75, 3.05) is 7.11 Å². The third kappa shape index (κ3) is 2.53. The maximum absolute atomic E-state index is 10.6. The van der Waals surface area contributed by atoms with Gasteiger partial charge in [-0.15, -0.1) is 0 Å². The molecule has 0 aliphatic heterocycles. The Hall–Kier alpha value is -1.16. The number of hydrogen-bond acceptors (Lipinski definition) is 3. The second-order valence-electron chi connectivity index (χ2n) is 4.66. The number of furan rings is 1. The molecule has 1 heterocycles. The zero-order chi connectivity index (χ0) is 15.0. The highest BCUT2D eigenvalue weighted by Crippen LogP contribution is 2.38. The van der Waals surface area contributed by atoms with Crippen molar-refractivity contribution in [3.05, 3.63) is 50.4 Å². The van der Waals surface area contributed by atoms with Crippen molar-refractivity contribution in [2.24, 2.45) is 0 Å². The summed E-state index contributed by atoms with van der Waals surface area (Å²) >= 11 is 12.3. The molecule has 0 fully saturated rings. The SMILES string of the molecule is COc1cc(Cl)c(C(O)c2c(C)oc(C)c2C)cc1Cl. The number of rotatable bonds is 3. The van der Waals surface area contributed by atoms with Crippen LogP contribution in [0.1, 0.15) is 34.3 Å². The lowest BCUT2D eigenvalue weighted by Gasteiger charge is -2.15. The molecule has 0 saturated heterocycles. The monoisotopic (exact) mass is 314 g/mol. The normalized spacial score (nSPS) is 12.6. The number of aliphatic hydroxyl groups is 1. The first kappa shape index (κ1) is 15.2. The van der Waals surface area contributed by atoms with Crippen molar-refractivity contribution in [3.63, 3.8) is 0 Å². The topological polar surface area (TPSA) is 42.6 Å². The Bertz CT molecular complexity index is 647. The minimum absolute atomic E-state index is 0.399. The smallest absolute Gasteiger partial charge is 0.138 e. The lowest BCUT2D eigenvalue weighted by Crippen LogP contribution is -2.03. The molecule has 2 aromatic rings. The molecule has 0 aliphatic carbocycles. The van der Waals surface area contributed by atoms with Crippen molar-refractivity contribution in [2.45, 2.75) is 26.9 Å². The predicted octanol–water partition coefficient (Wildman–Crippen LogP) is 4.60. The van der Waals surface area contributed by atoms with Crippen LogP contribution in [0.4, 0.5) is 0 Å². The molecule has 0 saturated carbocycles. The molecule has 1 N–H and O–H groups in total. The Morgan fingerprint density at radius 2 is 1.75 bits per heavy atom. The summed E-state index contributed by atoms with van der Waals surface area (Å²) in [5.41, 5.74) is 2.17. The zero-order valence-corrected chi connectivity index (χ0v) is 13.3. The highest BCUT2D eigenvalue weighted by atomic mass is 35.5. The molecule has 5 heteroatoms. The second kappa shape index (κ2) is 5.68. The summed E-state index contributed by atoms with van der Waals surface area (Å²) in [4.78, 5) is 0. The van der Waals surface area contributed by atoms with E-state index < -0.39 is 6.10 Å². The Balaban J connectivity index is 2.53. The fourth-order valence-corrected chi connectivity index (χ4v) is 2.78. The third-order valence-corrected chi connectivity index (χ3v) is 4.08. The summed E-state index contributed by atoms with van der Waals surface area (Å²) < 4.78 is 10.6. The van der Waals surface area contributed by atoms with Crippen LogP contribution in [0.25, 0.3) is 0 Å². The van der Waals surface area contributed by atoms with Crippen molar-refractivity contribution in [1.82, 2.24) is 0 Å². The zero-order valence-electron chi connectivity index (χ0n) is 11.8. The molecular weight excluding hydrogens is 299 g/mol. The van der Waals surface area contributed by atoms with Gasteiger partial charge < -0.3 is 14.3 Å². The van der Waals surface area contributed by atoms with Gasteiger partial charge in [-0.1, -0.05) is 23.2 Å². The van der Waals surface area contributed by atoms with E-state index in [0.717, 1.165) is 16.9 Å². The van der Waals surface area contributed by atoms with Crippen molar-refractivity contribution in [3.8, 4) is 5.75 Å². The molecule has 0 radical (unpaired) electrons. The molecule has 0 amide bonds. The molecule has 0 aliphatic rings. The largest absolute Gasteiger partial charge is 0.495 e. The molecule has 2 rings (SSSR count). The van der Waals surface area contributed by atoms with E-state index >= 15 is 0 Å². The quantitative estimate of drug-likeness (QED) is 0.900. The standard InChI is InChI=1S/C15H16Cl2O3/c1-7-8(2)20-9(3)14(7)15(18)10-5-12(17)13(19-4)6-11(10)16/h5-6,15,18H,1-4H3. The van der Waals surface area contributed by atoms with Crippen LogP contribution in [0.5, 0.6) is 5.75 Å². The van der Waals surface area contributed by atoms with Crippen LogP contribution in [-0.4, -0.2) is 12.2 Å². The Morgan fingerprint density at radius 1 is 1.10 bits per heavy atom. The fourth-order valence-electron chi connectivity index (χ4n) is 2.28. The molecular formula is C15H16Cl2O3. The van der Waals surface area contributed by atoms with Gasteiger partial charge in [-0.3, -0.25) is 0 Å². The van der Waals surface area contributed by atoms with E-state index in [-0.39, 0.29) is 0 Å². The maximum Gasteiger partial charge on any atom is 0.138 e. The van der Waals surface area contributed by atoms with Crippen molar-refractivity contribution in [1.29, 1.82) is 0 Å². The number of halogens is 2. The summed E-state index contributed by atoms with van der Waals surface area (Å²) in [6.07, 6.45) is -0.886. The van der Waals surface area contributed by atoms with Gasteiger partial charge in [0.1, 0.15) is 23.4 Å². The van der Waals surface area contributed by atoms with Crippen LogP contribution in [0.3, 0.4) is 0 Å². The summed E-state index contributed by atoms with van der Waals surface area (Å²) in [7, 11) is 1.52. The summed E-state index contributed by atoms with van der Waals surface area (Å²) in [5, 5.41) is 11.4. The van der Waals surface area contributed by atoms with E-state index in [1.54, 1.807) is 12.1 Å². The molecule has 3 nitrogen and oxygen atoms in total. The summed E-state index contributed by atoms with van der Waals surface area (Å²) in [5.74, 6) is 1.94. The maximum atomic E-state index is 10.6. The van der Waals surface area contributed by atoms with E-state index in [2.05, 4.69) is 0 Å². The lowest BCUT2D eigenvalue weighted by atomic mass is 9.98. The first-order chi connectivity index (χ1) is 9.36. The third-order valence-electron chi connectivity index (χ3n) is 3.46. The number of methoxy groups -OCH3 is 1. The van der Waals surface area contributed by atoms with Crippen molar-refractivity contribution >= 4 is 23.2 Å². The number of ether oxygens (including phenoxy) is 1. The number of aryl methyl sites for hydroxylation is 2. The van der Waals surface area contributed by atoms with E-state index in [1.165, 1.54) is 7.11 Å². The highest BCUT2D eigenvalue weighted by molar-refractivity contribution is 6.34.